The molecule has 0 heterocycles. The summed E-state index contributed by atoms with van der Waals surface area (Å²) in [4.78, 5) is 0. The Morgan fingerprint density at radius 1 is 1.38 bits per heavy atom. The van der Waals surface area contributed by atoms with Crippen LogP contribution in [0.25, 0.3) is 0 Å². The number of aromatic hydroxyl groups is 1. The molecule has 0 spiro atoms. The van der Waals surface area contributed by atoms with Crippen LogP contribution in [0, 0.1) is 5.82 Å². The van der Waals surface area contributed by atoms with Gasteiger partial charge in [-0.1, -0.05) is 6.07 Å². The highest BCUT2D eigenvalue weighted by Gasteiger charge is 2.26. The van der Waals surface area contributed by atoms with Gasteiger partial charge in [0.1, 0.15) is 11.6 Å². The van der Waals surface area contributed by atoms with E-state index in [0.29, 0.717) is 5.56 Å². The van der Waals surface area contributed by atoms with Gasteiger partial charge in [0.15, 0.2) is 0 Å². The summed E-state index contributed by atoms with van der Waals surface area (Å²) < 4.78 is 13.0. The maximum absolute atomic E-state index is 13.4. The second kappa shape index (κ2) is 3.58. The maximum Gasteiger partial charge on any atom is 0.131 e. The van der Waals surface area contributed by atoms with Gasteiger partial charge < -0.3 is 5.11 Å². The van der Waals surface area contributed by atoms with Crippen LogP contribution in [0.15, 0.2) is 18.2 Å². The molecule has 1 N–H and O–H groups in total. The van der Waals surface area contributed by atoms with Gasteiger partial charge in [-0.25, -0.2) is 4.39 Å². The van der Waals surface area contributed by atoms with Crippen LogP contribution in [0.2, 0.25) is 0 Å². The highest BCUT2D eigenvalue weighted by molar-refractivity contribution is 7.99. The van der Waals surface area contributed by atoms with Crippen LogP contribution in [0.4, 0.5) is 4.39 Å². The third kappa shape index (κ3) is 1.97. The molecule has 0 unspecified atom stereocenters. The summed E-state index contributed by atoms with van der Waals surface area (Å²) in [5, 5.41) is 9.50. The first kappa shape index (κ1) is 10.4. The van der Waals surface area contributed by atoms with E-state index in [1.165, 1.54) is 30.0 Å². The SMILES string of the molecule is CSC(C)(C)c1c(O)cccc1F. The molecule has 3 heteroatoms. The van der Waals surface area contributed by atoms with Gasteiger partial charge in [-0.3, -0.25) is 0 Å². The average Bonchev–Trinajstić information content (AvgIpc) is 2.03. The monoisotopic (exact) mass is 200 g/mol. The Morgan fingerprint density at radius 3 is 2.46 bits per heavy atom. The minimum atomic E-state index is -0.393. The number of phenolic OH excluding ortho intramolecular Hbond substituents is 1. The van der Waals surface area contributed by atoms with E-state index in [2.05, 4.69) is 0 Å². The summed E-state index contributed by atoms with van der Waals surface area (Å²) in [6.45, 7) is 3.77. The van der Waals surface area contributed by atoms with Crippen molar-refractivity contribution in [2.45, 2.75) is 18.6 Å². The molecular weight excluding hydrogens is 187 g/mol. The average molecular weight is 200 g/mol. The van der Waals surface area contributed by atoms with Gasteiger partial charge in [0.25, 0.3) is 0 Å². The Labute approximate surface area is 82.0 Å². The molecule has 1 aromatic carbocycles. The highest BCUT2D eigenvalue weighted by Crippen LogP contribution is 2.39. The Hall–Kier alpha value is -0.700. The molecule has 13 heavy (non-hydrogen) atoms. The van der Waals surface area contributed by atoms with E-state index in [1.807, 2.05) is 20.1 Å². The van der Waals surface area contributed by atoms with Crippen molar-refractivity contribution in [2.24, 2.45) is 0 Å². The third-order valence-corrected chi connectivity index (χ3v) is 3.33. The zero-order valence-electron chi connectivity index (χ0n) is 7.97. The number of rotatable bonds is 2. The van der Waals surface area contributed by atoms with Crippen molar-refractivity contribution in [3.63, 3.8) is 0 Å². The first-order chi connectivity index (χ1) is 5.99. The van der Waals surface area contributed by atoms with Crippen molar-refractivity contribution in [3.8, 4) is 5.75 Å². The Morgan fingerprint density at radius 2 is 2.00 bits per heavy atom. The van der Waals surface area contributed by atoms with Crippen LogP contribution in [-0.4, -0.2) is 11.4 Å². The zero-order chi connectivity index (χ0) is 10.1. The lowest BCUT2D eigenvalue weighted by Crippen LogP contribution is -2.13. The van der Waals surface area contributed by atoms with E-state index < -0.39 is 4.75 Å². The lowest BCUT2D eigenvalue weighted by atomic mass is 10.0. The number of hydrogen-bond donors (Lipinski definition) is 1. The van der Waals surface area contributed by atoms with E-state index in [1.54, 1.807) is 0 Å². The van der Waals surface area contributed by atoms with Crippen LogP contribution in [0.3, 0.4) is 0 Å². The Balaban J connectivity index is 3.28. The smallest absolute Gasteiger partial charge is 0.131 e. The summed E-state index contributed by atoms with van der Waals surface area (Å²) in [6, 6.07) is 4.38. The summed E-state index contributed by atoms with van der Waals surface area (Å²) >= 11 is 1.51. The molecule has 0 fully saturated rings. The van der Waals surface area contributed by atoms with Gasteiger partial charge in [-0.15, -0.1) is 0 Å². The number of thioether (sulfide) groups is 1. The van der Waals surface area contributed by atoms with Gasteiger partial charge >= 0.3 is 0 Å². The Bertz CT molecular complexity index is 290. The fraction of sp³-hybridized carbons (Fsp3) is 0.400. The van der Waals surface area contributed by atoms with E-state index in [0.717, 1.165) is 0 Å². The van der Waals surface area contributed by atoms with E-state index >= 15 is 0 Å². The first-order valence-corrected chi connectivity index (χ1v) is 5.24. The van der Waals surface area contributed by atoms with Crippen LogP contribution in [0.1, 0.15) is 19.4 Å². The second-order valence-electron chi connectivity index (χ2n) is 3.35. The lowest BCUT2D eigenvalue weighted by molar-refractivity contribution is 0.449. The standard InChI is InChI=1S/C10H13FOS/c1-10(2,13-3)9-7(11)5-4-6-8(9)12/h4-6,12H,1-3H3. The van der Waals surface area contributed by atoms with Crippen molar-refractivity contribution >= 4 is 11.8 Å². The Kier molecular flexibility index (Phi) is 2.86. The molecule has 0 amide bonds. The van der Waals surface area contributed by atoms with E-state index in [9.17, 15) is 9.50 Å². The van der Waals surface area contributed by atoms with Crippen LogP contribution < -0.4 is 0 Å². The summed E-state index contributed by atoms with van der Waals surface area (Å²) in [5.41, 5.74) is 0.377. The van der Waals surface area contributed by atoms with Crippen LogP contribution in [0.5, 0.6) is 5.75 Å². The second-order valence-corrected chi connectivity index (χ2v) is 4.78. The maximum atomic E-state index is 13.4. The minimum Gasteiger partial charge on any atom is -0.508 e. The molecule has 1 rings (SSSR count). The number of halogens is 1. The van der Waals surface area contributed by atoms with Crippen molar-refractivity contribution in [2.75, 3.05) is 6.26 Å². The summed E-state index contributed by atoms with van der Waals surface area (Å²) in [7, 11) is 0. The fourth-order valence-electron chi connectivity index (χ4n) is 1.21. The number of hydrogen-bond acceptors (Lipinski definition) is 2. The molecule has 0 radical (unpaired) electrons. The summed E-state index contributed by atoms with van der Waals surface area (Å²) in [6.07, 6.45) is 1.89. The van der Waals surface area contributed by atoms with Crippen molar-refractivity contribution in [1.82, 2.24) is 0 Å². The van der Waals surface area contributed by atoms with Crippen molar-refractivity contribution < 1.29 is 9.50 Å². The van der Waals surface area contributed by atoms with Crippen LogP contribution in [-0.2, 0) is 4.75 Å². The molecule has 1 nitrogen and oxygen atoms in total. The van der Waals surface area contributed by atoms with Gasteiger partial charge in [-0.2, -0.15) is 11.8 Å². The molecule has 0 aliphatic carbocycles. The lowest BCUT2D eigenvalue weighted by Gasteiger charge is -2.23. The van der Waals surface area contributed by atoms with Crippen molar-refractivity contribution in [3.05, 3.63) is 29.6 Å². The fourth-order valence-corrected chi connectivity index (χ4v) is 1.62. The van der Waals surface area contributed by atoms with Crippen LogP contribution >= 0.6 is 11.8 Å². The predicted octanol–water partition coefficient (Wildman–Crippen LogP) is 3.13. The minimum absolute atomic E-state index is 0.0272. The molecule has 0 aromatic heterocycles. The van der Waals surface area contributed by atoms with E-state index in [4.69, 9.17) is 0 Å². The molecular formula is C10H13FOS. The molecule has 0 atom stereocenters. The van der Waals surface area contributed by atoms with E-state index in [-0.39, 0.29) is 11.6 Å². The summed E-state index contributed by atoms with van der Waals surface area (Å²) in [5.74, 6) is -0.321. The molecule has 0 saturated carbocycles. The molecule has 0 saturated heterocycles. The molecule has 0 bridgehead atoms. The van der Waals surface area contributed by atoms with Crippen molar-refractivity contribution in [1.29, 1.82) is 0 Å². The number of phenols is 1. The molecule has 0 aliphatic rings. The largest absolute Gasteiger partial charge is 0.508 e. The first-order valence-electron chi connectivity index (χ1n) is 4.02. The predicted molar refractivity (Wildman–Crippen MR) is 54.6 cm³/mol. The molecule has 0 aliphatic heterocycles. The third-order valence-electron chi connectivity index (χ3n) is 2.10. The number of benzene rings is 1. The van der Waals surface area contributed by atoms with Gasteiger partial charge in [0.2, 0.25) is 0 Å². The highest BCUT2D eigenvalue weighted by atomic mass is 32.2. The quantitative estimate of drug-likeness (QED) is 0.791. The topological polar surface area (TPSA) is 20.2 Å². The molecule has 72 valence electrons. The van der Waals surface area contributed by atoms with Gasteiger partial charge in [-0.05, 0) is 32.2 Å². The van der Waals surface area contributed by atoms with Gasteiger partial charge in [0, 0.05) is 10.3 Å². The normalized spacial score (nSPS) is 11.7. The van der Waals surface area contributed by atoms with Gasteiger partial charge in [0.05, 0.1) is 0 Å². The molecule has 1 aromatic rings. The zero-order valence-corrected chi connectivity index (χ0v) is 8.78.